The van der Waals surface area contributed by atoms with Gasteiger partial charge in [-0.15, -0.1) is 21.5 Å². The quantitative estimate of drug-likeness (QED) is 0.244. The van der Waals surface area contributed by atoms with Crippen LogP contribution in [0.3, 0.4) is 0 Å². The SMILES string of the molecule is CCC(C(=O)O)c1csc(NC(=O)c2cc(OCC3CCN(C)C3=O)cc(Oc3ccc(-c4nnc(C)o4)cc3)c2)n1. The highest BCUT2D eigenvalue weighted by molar-refractivity contribution is 7.14. The molecule has 2 amide bonds. The van der Waals surface area contributed by atoms with Gasteiger partial charge in [-0.05, 0) is 49.2 Å². The highest BCUT2D eigenvalue weighted by Crippen LogP contribution is 2.31. The van der Waals surface area contributed by atoms with E-state index in [1.807, 2.05) is 0 Å². The van der Waals surface area contributed by atoms with Crippen molar-refractivity contribution in [2.45, 2.75) is 32.6 Å². The van der Waals surface area contributed by atoms with E-state index in [0.29, 0.717) is 54.1 Å². The number of carboxylic acids is 1. The van der Waals surface area contributed by atoms with Crippen LogP contribution in [-0.2, 0) is 9.59 Å². The van der Waals surface area contributed by atoms with E-state index in [1.165, 1.54) is 0 Å². The average molecular weight is 592 g/mol. The fraction of sp³-hybridized carbons (Fsp3) is 0.310. The third-order valence-electron chi connectivity index (χ3n) is 6.80. The summed E-state index contributed by atoms with van der Waals surface area (Å²) in [7, 11) is 1.76. The maximum absolute atomic E-state index is 13.3. The van der Waals surface area contributed by atoms with E-state index < -0.39 is 17.8 Å². The summed E-state index contributed by atoms with van der Waals surface area (Å²) in [6.07, 6.45) is 1.06. The van der Waals surface area contributed by atoms with E-state index in [1.54, 1.807) is 73.6 Å². The summed E-state index contributed by atoms with van der Waals surface area (Å²) >= 11 is 1.14. The van der Waals surface area contributed by atoms with Crippen molar-refractivity contribution in [1.29, 1.82) is 0 Å². The van der Waals surface area contributed by atoms with E-state index in [4.69, 9.17) is 13.9 Å². The number of likely N-dealkylation sites (tertiary alicyclic amines) is 1. The van der Waals surface area contributed by atoms with Gasteiger partial charge < -0.3 is 23.9 Å². The minimum atomic E-state index is -0.973. The molecule has 13 heteroatoms. The number of amides is 2. The Morgan fingerprint density at radius 3 is 2.57 bits per heavy atom. The molecular weight excluding hydrogens is 562 g/mol. The normalized spacial score (nSPS) is 15.5. The Balaban J connectivity index is 1.36. The number of hydrogen-bond acceptors (Lipinski definition) is 10. The topological polar surface area (TPSA) is 157 Å². The third kappa shape index (κ3) is 6.57. The van der Waals surface area contributed by atoms with E-state index in [-0.39, 0.29) is 29.1 Å². The molecule has 3 heterocycles. The van der Waals surface area contributed by atoms with Crippen molar-refractivity contribution in [3.63, 3.8) is 0 Å². The predicted molar refractivity (Wildman–Crippen MR) is 153 cm³/mol. The summed E-state index contributed by atoms with van der Waals surface area (Å²) < 4.78 is 17.5. The van der Waals surface area contributed by atoms with Crippen molar-refractivity contribution in [2.75, 3.05) is 25.5 Å². The summed E-state index contributed by atoms with van der Waals surface area (Å²) in [5, 5.41) is 21.9. The van der Waals surface area contributed by atoms with Gasteiger partial charge in [-0.1, -0.05) is 6.92 Å². The van der Waals surface area contributed by atoms with Crippen molar-refractivity contribution in [3.8, 4) is 28.7 Å². The van der Waals surface area contributed by atoms with Crippen LogP contribution in [-0.4, -0.2) is 63.2 Å². The molecule has 12 nitrogen and oxygen atoms in total. The summed E-state index contributed by atoms with van der Waals surface area (Å²) in [5.41, 5.74) is 1.34. The number of hydrogen-bond donors (Lipinski definition) is 2. The number of carboxylic acid groups (broad SMARTS) is 1. The second-order valence-electron chi connectivity index (χ2n) is 9.83. The molecule has 0 bridgehead atoms. The number of ether oxygens (including phenoxy) is 2. The molecule has 2 atom stereocenters. The van der Waals surface area contributed by atoms with Gasteiger partial charge in [0.1, 0.15) is 17.2 Å². The molecule has 2 unspecified atom stereocenters. The minimum Gasteiger partial charge on any atom is -0.493 e. The second-order valence-corrected chi connectivity index (χ2v) is 10.7. The van der Waals surface area contributed by atoms with Gasteiger partial charge in [0, 0.05) is 43.1 Å². The van der Waals surface area contributed by atoms with Gasteiger partial charge in [-0.25, -0.2) is 4.98 Å². The van der Waals surface area contributed by atoms with Crippen molar-refractivity contribution in [3.05, 3.63) is 65.0 Å². The molecular formula is C29H29N5O7S. The lowest BCUT2D eigenvalue weighted by molar-refractivity contribution is -0.139. The van der Waals surface area contributed by atoms with Crippen LogP contribution < -0.4 is 14.8 Å². The number of carbonyl (C=O) groups is 3. The summed E-state index contributed by atoms with van der Waals surface area (Å²) in [5.74, 6) is -0.422. The maximum Gasteiger partial charge on any atom is 0.312 e. The lowest BCUT2D eigenvalue weighted by Crippen LogP contribution is -2.25. The Morgan fingerprint density at radius 2 is 1.93 bits per heavy atom. The summed E-state index contributed by atoms with van der Waals surface area (Å²) in [6.45, 7) is 4.30. The van der Waals surface area contributed by atoms with E-state index >= 15 is 0 Å². The molecule has 1 fully saturated rings. The molecule has 1 saturated heterocycles. The molecule has 0 spiro atoms. The van der Waals surface area contributed by atoms with E-state index in [9.17, 15) is 19.5 Å². The minimum absolute atomic E-state index is 0.0169. The number of aryl methyl sites for hydroxylation is 1. The van der Waals surface area contributed by atoms with Crippen LogP contribution in [0, 0.1) is 12.8 Å². The molecule has 1 aliphatic rings. The number of rotatable bonds is 11. The van der Waals surface area contributed by atoms with E-state index in [2.05, 4.69) is 20.5 Å². The number of aromatic nitrogens is 3. The van der Waals surface area contributed by atoms with Crippen LogP contribution in [0.2, 0.25) is 0 Å². The Bertz CT molecular complexity index is 1600. The van der Waals surface area contributed by atoms with Gasteiger partial charge in [0.05, 0.1) is 24.1 Å². The second kappa shape index (κ2) is 12.4. The molecule has 0 aliphatic carbocycles. The van der Waals surface area contributed by atoms with Gasteiger partial charge in [-0.3, -0.25) is 19.7 Å². The standard InChI is InChI=1S/C29H29N5O7S/c1-4-23(28(37)38)24-15-42-29(30-24)31-25(35)19-11-21(39-14-18-9-10-34(3)27(18)36)13-22(12-19)41-20-7-5-17(6-8-20)26-33-32-16(2)40-26/h5-8,11-13,15,18,23H,4,9-10,14H2,1-3H3,(H,37,38)(H,30,31,35). The molecule has 0 saturated carbocycles. The van der Waals surface area contributed by atoms with Crippen molar-refractivity contribution in [2.24, 2.45) is 5.92 Å². The Hall–Kier alpha value is -4.78. The van der Waals surface area contributed by atoms with Crippen molar-refractivity contribution in [1.82, 2.24) is 20.1 Å². The number of nitrogens with one attached hydrogen (secondary N) is 1. The lowest BCUT2D eigenvalue weighted by Gasteiger charge is -2.14. The highest BCUT2D eigenvalue weighted by atomic mass is 32.1. The Labute approximate surface area is 245 Å². The molecule has 2 aromatic carbocycles. The van der Waals surface area contributed by atoms with Gasteiger partial charge in [0.25, 0.3) is 5.91 Å². The zero-order chi connectivity index (χ0) is 29.8. The van der Waals surface area contributed by atoms with Crippen LogP contribution in [0.5, 0.6) is 17.2 Å². The fourth-order valence-corrected chi connectivity index (χ4v) is 5.25. The van der Waals surface area contributed by atoms with Crippen LogP contribution in [0.1, 0.15) is 47.6 Å². The maximum atomic E-state index is 13.3. The first-order chi connectivity index (χ1) is 20.2. The number of benzene rings is 2. The van der Waals surface area contributed by atoms with Gasteiger partial charge in [0.15, 0.2) is 5.13 Å². The van der Waals surface area contributed by atoms with Gasteiger partial charge in [0.2, 0.25) is 17.7 Å². The fourth-order valence-electron chi connectivity index (χ4n) is 4.49. The van der Waals surface area contributed by atoms with Crippen LogP contribution >= 0.6 is 11.3 Å². The van der Waals surface area contributed by atoms with Crippen LogP contribution in [0.25, 0.3) is 11.5 Å². The number of thiazole rings is 1. The summed E-state index contributed by atoms with van der Waals surface area (Å²) in [4.78, 5) is 43.1. The average Bonchev–Trinajstić information content (AvgIpc) is 3.69. The van der Waals surface area contributed by atoms with Crippen LogP contribution in [0.15, 0.2) is 52.3 Å². The zero-order valence-electron chi connectivity index (χ0n) is 23.2. The molecule has 2 N–H and O–H groups in total. The van der Waals surface area contributed by atoms with Gasteiger partial charge >= 0.3 is 5.97 Å². The Morgan fingerprint density at radius 1 is 1.17 bits per heavy atom. The first-order valence-corrected chi connectivity index (χ1v) is 14.2. The van der Waals surface area contributed by atoms with Gasteiger partial charge in [-0.2, -0.15) is 0 Å². The van der Waals surface area contributed by atoms with E-state index in [0.717, 1.165) is 16.9 Å². The third-order valence-corrected chi connectivity index (χ3v) is 7.58. The lowest BCUT2D eigenvalue weighted by atomic mass is 10.0. The molecule has 4 aromatic rings. The first-order valence-electron chi connectivity index (χ1n) is 13.3. The largest absolute Gasteiger partial charge is 0.493 e. The first kappa shape index (κ1) is 28.7. The molecule has 0 radical (unpaired) electrons. The number of anilines is 1. The van der Waals surface area contributed by atoms with Crippen molar-refractivity contribution >= 4 is 34.3 Å². The smallest absolute Gasteiger partial charge is 0.312 e. The number of nitrogens with zero attached hydrogens (tertiary/aromatic N) is 4. The Kier molecular flexibility index (Phi) is 8.48. The monoisotopic (exact) mass is 591 g/mol. The van der Waals surface area contributed by atoms with Crippen LogP contribution in [0.4, 0.5) is 5.13 Å². The molecule has 42 heavy (non-hydrogen) atoms. The summed E-state index contributed by atoms with van der Waals surface area (Å²) in [6, 6.07) is 11.8. The predicted octanol–water partition coefficient (Wildman–Crippen LogP) is 4.98. The molecule has 2 aromatic heterocycles. The molecule has 5 rings (SSSR count). The zero-order valence-corrected chi connectivity index (χ0v) is 24.0. The number of aliphatic carboxylic acids is 1. The number of carbonyl (C=O) groups excluding carboxylic acids is 2. The molecule has 1 aliphatic heterocycles. The molecule has 218 valence electrons. The van der Waals surface area contributed by atoms with Crippen molar-refractivity contribution < 1.29 is 33.4 Å². The highest BCUT2D eigenvalue weighted by Gasteiger charge is 2.29.